The van der Waals surface area contributed by atoms with Gasteiger partial charge >= 0.3 is 0 Å². The second kappa shape index (κ2) is 8.43. The van der Waals surface area contributed by atoms with E-state index in [2.05, 4.69) is 10.3 Å². The molecule has 5 nitrogen and oxygen atoms in total. The molecule has 0 bridgehead atoms. The smallest absolute Gasteiger partial charge is 0.227 e. The van der Waals surface area contributed by atoms with Crippen molar-refractivity contribution in [1.82, 2.24) is 9.88 Å². The van der Waals surface area contributed by atoms with Gasteiger partial charge in [-0.15, -0.1) is 0 Å². The molecule has 0 atom stereocenters. The number of nitrogens with zero attached hydrogens (tertiary/aromatic N) is 2. The van der Waals surface area contributed by atoms with Gasteiger partial charge in [0.25, 0.3) is 0 Å². The number of likely N-dealkylation sites (tertiary alicyclic amines) is 1. The van der Waals surface area contributed by atoms with Gasteiger partial charge in [0.2, 0.25) is 11.8 Å². The predicted octanol–water partition coefficient (Wildman–Crippen LogP) is 3.45. The molecule has 5 heteroatoms. The summed E-state index contributed by atoms with van der Waals surface area (Å²) >= 11 is 0. The fourth-order valence-corrected chi connectivity index (χ4v) is 3.08. The van der Waals surface area contributed by atoms with Crippen LogP contribution in [0.4, 0.5) is 5.69 Å². The summed E-state index contributed by atoms with van der Waals surface area (Å²) in [5.41, 5.74) is 2.67. The third-order valence-corrected chi connectivity index (χ3v) is 4.60. The van der Waals surface area contributed by atoms with Crippen LogP contribution in [-0.4, -0.2) is 34.8 Å². The van der Waals surface area contributed by atoms with E-state index in [9.17, 15) is 9.59 Å². The lowest BCUT2D eigenvalue weighted by molar-refractivity contribution is -0.132. The summed E-state index contributed by atoms with van der Waals surface area (Å²) in [7, 11) is 0. The Morgan fingerprint density at radius 1 is 1.12 bits per heavy atom. The Kier molecular flexibility index (Phi) is 5.79. The molecule has 3 rings (SSSR count). The lowest BCUT2D eigenvalue weighted by Crippen LogP contribution is -2.40. The van der Waals surface area contributed by atoms with Crippen LogP contribution in [0.25, 0.3) is 12.2 Å². The van der Waals surface area contributed by atoms with E-state index < -0.39 is 0 Å². The standard InChI is InChI=1S/C21H23N3O2/c1-16(25)24-13-10-18(11-14-24)21(26)23-20-7-4-5-17(15-20)8-9-19-6-2-3-12-22-19/h2-9,12,15,18H,10-11,13-14H2,1H3,(H,23,26)/b9-8+. The van der Waals surface area contributed by atoms with Crippen LogP contribution in [0.2, 0.25) is 0 Å². The molecule has 0 saturated carbocycles. The third kappa shape index (κ3) is 4.79. The monoisotopic (exact) mass is 349 g/mol. The zero-order valence-corrected chi connectivity index (χ0v) is 14.9. The summed E-state index contributed by atoms with van der Waals surface area (Å²) in [4.78, 5) is 29.9. The van der Waals surface area contributed by atoms with E-state index in [4.69, 9.17) is 0 Å². The van der Waals surface area contributed by atoms with Crippen molar-refractivity contribution in [1.29, 1.82) is 0 Å². The van der Waals surface area contributed by atoms with Crippen LogP contribution in [0, 0.1) is 5.92 Å². The Balaban J connectivity index is 1.59. The molecule has 0 radical (unpaired) electrons. The molecule has 1 N–H and O–H groups in total. The molecule has 0 spiro atoms. The molecule has 2 heterocycles. The molecule has 0 aliphatic carbocycles. The summed E-state index contributed by atoms with van der Waals surface area (Å²) in [6, 6.07) is 13.5. The maximum absolute atomic E-state index is 12.5. The summed E-state index contributed by atoms with van der Waals surface area (Å²) in [5, 5.41) is 3.00. The number of hydrogen-bond donors (Lipinski definition) is 1. The highest BCUT2D eigenvalue weighted by molar-refractivity contribution is 5.93. The summed E-state index contributed by atoms with van der Waals surface area (Å²) < 4.78 is 0. The van der Waals surface area contributed by atoms with E-state index in [-0.39, 0.29) is 17.7 Å². The van der Waals surface area contributed by atoms with Crippen molar-refractivity contribution in [3.8, 4) is 0 Å². The number of piperidine rings is 1. The van der Waals surface area contributed by atoms with E-state index in [1.165, 1.54) is 0 Å². The normalized spacial score (nSPS) is 15.2. The highest BCUT2D eigenvalue weighted by Gasteiger charge is 2.25. The lowest BCUT2D eigenvalue weighted by atomic mass is 9.95. The second-order valence-electron chi connectivity index (χ2n) is 6.48. The first-order valence-corrected chi connectivity index (χ1v) is 8.87. The Hall–Kier alpha value is -2.95. The minimum atomic E-state index is -0.0432. The number of nitrogens with one attached hydrogen (secondary N) is 1. The molecule has 1 saturated heterocycles. The molecule has 26 heavy (non-hydrogen) atoms. The predicted molar refractivity (Wildman–Crippen MR) is 103 cm³/mol. The number of carbonyl (C=O) groups excluding carboxylic acids is 2. The lowest BCUT2D eigenvalue weighted by Gasteiger charge is -2.30. The van der Waals surface area contributed by atoms with Gasteiger partial charge in [0.1, 0.15) is 0 Å². The van der Waals surface area contributed by atoms with Crippen LogP contribution in [0.1, 0.15) is 31.0 Å². The van der Waals surface area contributed by atoms with E-state index in [1.54, 1.807) is 18.0 Å². The number of carbonyl (C=O) groups is 2. The molecular formula is C21H23N3O2. The average molecular weight is 349 g/mol. The van der Waals surface area contributed by atoms with Crippen LogP contribution in [0.15, 0.2) is 48.7 Å². The SMILES string of the molecule is CC(=O)N1CCC(C(=O)Nc2cccc(/C=C/c3ccccn3)c2)CC1. The minimum Gasteiger partial charge on any atom is -0.343 e. The largest absolute Gasteiger partial charge is 0.343 e. The van der Waals surface area contributed by atoms with Gasteiger partial charge in [-0.1, -0.05) is 24.3 Å². The van der Waals surface area contributed by atoms with Crippen molar-refractivity contribution in [3.63, 3.8) is 0 Å². The van der Waals surface area contributed by atoms with Crippen LogP contribution in [-0.2, 0) is 9.59 Å². The molecule has 1 fully saturated rings. The van der Waals surface area contributed by atoms with E-state index >= 15 is 0 Å². The van der Waals surface area contributed by atoms with E-state index in [0.29, 0.717) is 25.9 Å². The number of anilines is 1. The molecule has 1 aromatic heterocycles. The number of pyridine rings is 1. The summed E-state index contributed by atoms with van der Waals surface area (Å²) in [5.74, 6) is 0.0635. The van der Waals surface area contributed by atoms with Crippen molar-refractivity contribution in [2.45, 2.75) is 19.8 Å². The van der Waals surface area contributed by atoms with Gasteiger partial charge in [-0.05, 0) is 48.7 Å². The first kappa shape index (κ1) is 17.9. The van der Waals surface area contributed by atoms with Gasteiger partial charge in [-0.25, -0.2) is 0 Å². The van der Waals surface area contributed by atoms with Crippen LogP contribution < -0.4 is 5.32 Å². The van der Waals surface area contributed by atoms with E-state index in [0.717, 1.165) is 16.9 Å². The maximum Gasteiger partial charge on any atom is 0.227 e. The van der Waals surface area contributed by atoms with Gasteiger partial charge in [0.15, 0.2) is 0 Å². The van der Waals surface area contributed by atoms with Crippen molar-refractivity contribution < 1.29 is 9.59 Å². The first-order valence-electron chi connectivity index (χ1n) is 8.87. The molecule has 2 amide bonds. The number of rotatable bonds is 4. The molecule has 1 aliphatic heterocycles. The van der Waals surface area contributed by atoms with Crippen LogP contribution >= 0.6 is 0 Å². The highest BCUT2D eigenvalue weighted by Crippen LogP contribution is 2.20. The van der Waals surface area contributed by atoms with Crippen molar-refractivity contribution >= 4 is 29.7 Å². The summed E-state index contributed by atoms with van der Waals surface area (Å²) in [6.45, 7) is 2.88. The van der Waals surface area contributed by atoms with Gasteiger partial charge in [-0.2, -0.15) is 0 Å². The second-order valence-corrected chi connectivity index (χ2v) is 6.48. The fraction of sp³-hybridized carbons (Fsp3) is 0.286. The number of amides is 2. The number of hydrogen-bond acceptors (Lipinski definition) is 3. The van der Waals surface area contributed by atoms with Crippen molar-refractivity contribution in [2.75, 3.05) is 18.4 Å². The Morgan fingerprint density at radius 2 is 1.92 bits per heavy atom. The molecule has 0 unspecified atom stereocenters. The molecule has 134 valence electrons. The quantitative estimate of drug-likeness (QED) is 0.919. The number of aromatic nitrogens is 1. The van der Waals surface area contributed by atoms with Crippen molar-refractivity contribution in [3.05, 3.63) is 59.9 Å². The van der Waals surface area contributed by atoms with Gasteiger partial charge in [0.05, 0.1) is 5.69 Å². The van der Waals surface area contributed by atoms with Gasteiger partial charge in [-0.3, -0.25) is 14.6 Å². The van der Waals surface area contributed by atoms with Crippen LogP contribution in [0.3, 0.4) is 0 Å². The summed E-state index contributed by atoms with van der Waals surface area (Å²) in [6.07, 6.45) is 7.10. The zero-order chi connectivity index (χ0) is 18.4. The minimum absolute atomic E-state index is 0.0269. The number of benzene rings is 1. The molecule has 1 aromatic carbocycles. The Labute approximate surface area is 153 Å². The first-order chi connectivity index (χ1) is 12.6. The highest BCUT2D eigenvalue weighted by atomic mass is 16.2. The Morgan fingerprint density at radius 3 is 2.62 bits per heavy atom. The molecular weight excluding hydrogens is 326 g/mol. The fourth-order valence-electron chi connectivity index (χ4n) is 3.08. The third-order valence-electron chi connectivity index (χ3n) is 4.60. The van der Waals surface area contributed by atoms with Gasteiger partial charge in [0, 0.05) is 37.8 Å². The zero-order valence-electron chi connectivity index (χ0n) is 14.9. The van der Waals surface area contributed by atoms with Crippen LogP contribution in [0.5, 0.6) is 0 Å². The molecule has 1 aliphatic rings. The maximum atomic E-state index is 12.5. The topological polar surface area (TPSA) is 62.3 Å². The van der Waals surface area contributed by atoms with Crippen molar-refractivity contribution in [2.24, 2.45) is 5.92 Å². The molecule has 2 aromatic rings. The Bertz CT molecular complexity index is 794. The van der Waals surface area contributed by atoms with E-state index in [1.807, 2.05) is 54.6 Å². The van der Waals surface area contributed by atoms with Gasteiger partial charge < -0.3 is 10.2 Å². The average Bonchev–Trinajstić information content (AvgIpc) is 2.67.